The number of aryl methyl sites for hydroxylation is 2. The molecule has 0 saturated heterocycles. The third-order valence-corrected chi connectivity index (χ3v) is 5.15. The smallest absolute Gasteiger partial charge is 0.241 e. The summed E-state index contributed by atoms with van der Waals surface area (Å²) in [5.41, 5.74) is 2.28. The Morgan fingerprint density at radius 1 is 1.08 bits per heavy atom. The normalized spacial score (nSPS) is 11.3. The molecule has 1 amide bonds. The van der Waals surface area contributed by atoms with Crippen molar-refractivity contribution < 1.29 is 17.6 Å². The van der Waals surface area contributed by atoms with Gasteiger partial charge in [-0.25, -0.2) is 17.5 Å². The molecule has 0 aliphatic carbocycles. The van der Waals surface area contributed by atoms with Crippen LogP contribution >= 0.6 is 0 Å². The van der Waals surface area contributed by atoms with Gasteiger partial charge in [0.1, 0.15) is 5.82 Å². The Hall–Kier alpha value is -2.25. The Bertz CT molecular complexity index is 851. The van der Waals surface area contributed by atoms with E-state index in [0.29, 0.717) is 6.54 Å². The fourth-order valence-electron chi connectivity index (χ4n) is 2.22. The summed E-state index contributed by atoms with van der Waals surface area (Å²) in [5, 5.41) is 2.66. The molecule has 0 fully saturated rings. The lowest BCUT2D eigenvalue weighted by Gasteiger charge is -2.10. The minimum Gasteiger partial charge on any atom is -0.351 e. The lowest BCUT2D eigenvalue weighted by atomic mass is 10.1. The van der Waals surface area contributed by atoms with Crippen molar-refractivity contribution in [2.45, 2.75) is 25.3 Å². The average Bonchev–Trinajstić information content (AvgIpc) is 2.52. The highest BCUT2D eigenvalue weighted by Gasteiger charge is 2.18. The Kier molecular flexibility index (Phi) is 5.69. The number of hydrogen-bond acceptors (Lipinski definition) is 3. The molecule has 0 heterocycles. The van der Waals surface area contributed by atoms with E-state index in [0.717, 1.165) is 23.3 Å². The van der Waals surface area contributed by atoms with Gasteiger partial charge in [-0.1, -0.05) is 24.3 Å². The van der Waals surface area contributed by atoms with Crippen LogP contribution in [-0.2, 0) is 21.4 Å². The van der Waals surface area contributed by atoms with Crippen molar-refractivity contribution in [3.05, 3.63) is 65.0 Å². The lowest BCUT2D eigenvalue weighted by molar-refractivity contribution is -0.120. The number of rotatable bonds is 6. The Balaban J connectivity index is 1.94. The first kappa shape index (κ1) is 18.1. The van der Waals surface area contributed by atoms with E-state index < -0.39 is 21.7 Å². The molecule has 24 heavy (non-hydrogen) atoms. The van der Waals surface area contributed by atoms with E-state index in [9.17, 15) is 17.6 Å². The monoisotopic (exact) mass is 350 g/mol. The number of benzene rings is 2. The van der Waals surface area contributed by atoms with Gasteiger partial charge in [-0.15, -0.1) is 0 Å². The van der Waals surface area contributed by atoms with E-state index >= 15 is 0 Å². The van der Waals surface area contributed by atoms with E-state index in [-0.39, 0.29) is 17.0 Å². The zero-order valence-electron chi connectivity index (χ0n) is 13.5. The highest BCUT2D eigenvalue weighted by atomic mass is 32.2. The zero-order chi connectivity index (χ0) is 17.7. The molecule has 0 spiro atoms. The molecule has 0 aromatic heterocycles. The minimum atomic E-state index is -3.87. The van der Waals surface area contributed by atoms with Gasteiger partial charge in [0.25, 0.3) is 0 Å². The molecule has 2 aromatic rings. The maximum absolute atomic E-state index is 13.1. The van der Waals surface area contributed by atoms with Gasteiger partial charge in [0.05, 0.1) is 11.4 Å². The molecule has 128 valence electrons. The zero-order valence-corrected chi connectivity index (χ0v) is 14.3. The van der Waals surface area contributed by atoms with E-state index in [1.165, 1.54) is 13.0 Å². The van der Waals surface area contributed by atoms with Crippen LogP contribution in [0.1, 0.15) is 16.7 Å². The van der Waals surface area contributed by atoms with Crippen LogP contribution in [0.15, 0.2) is 47.4 Å². The second kappa shape index (κ2) is 7.55. The van der Waals surface area contributed by atoms with E-state index in [1.54, 1.807) is 0 Å². The van der Waals surface area contributed by atoms with Crippen LogP contribution in [0, 0.1) is 19.7 Å². The minimum absolute atomic E-state index is 0.0457. The Morgan fingerprint density at radius 3 is 2.46 bits per heavy atom. The second-order valence-corrected chi connectivity index (χ2v) is 7.17. The van der Waals surface area contributed by atoms with E-state index in [1.807, 2.05) is 31.2 Å². The highest BCUT2D eigenvalue weighted by molar-refractivity contribution is 7.89. The Morgan fingerprint density at radius 2 is 1.79 bits per heavy atom. The predicted octanol–water partition coefficient (Wildman–Crippen LogP) is 2.04. The fraction of sp³-hybridized carbons (Fsp3) is 0.235. The molecule has 0 unspecified atom stereocenters. The third kappa shape index (κ3) is 4.62. The molecule has 0 atom stereocenters. The van der Waals surface area contributed by atoms with Crippen molar-refractivity contribution in [1.29, 1.82) is 0 Å². The first-order valence-corrected chi connectivity index (χ1v) is 8.85. The van der Waals surface area contributed by atoms with Crippen molar-refractivity contribution in [2.75, 3.05) is 6.54 Å². The van der Waals surface area contributed by atoms with Crippen LogP contribution < -0.4 is 10.0 Å². The molecule has 0 aliphatic heterocycles. The van der Waals surface area contributed by atoms with Crippen molar-refractivity contribution >= 4 is 15.9 Å². The molecule has 2 N–H and O–H groups in total. The van der Waals surface area contributed by atoms with Crippen molar-refractivity contribution in [2.24, 2.45) is 0 Å². The van der Waals surface area contributed by atoms with Gasteiger partial charge in [0.15, 0.2) is 0 Å². The topological polar surface area (TPSA) is 75.3 Å². The predicted molar refractivity (Wildman–Crippen MR) is 89.4 cm³/mol. The first-order valence-electron chi connectivity index (χ1n) is 7.36. The highest BCUT2D eigenvalue weighted by Crippen LogP contribution is 2.15. The molecule has 0 aliphatic rings. The summed E-state index contributed by atoms with van der Waals surface area (Å²) in [6, 6.07) is 11.0. The number of halogens is 1. The number of amides is 1. The van der Waals surface area contributed by atoms with Crippen molar-refractivity contribution in [1.82, 2.24) is 10.0 Å². The third-order valence-electron chi connectivity index (χ3n) is 3.59. The van der Waals surface area contributed by atoms with Crippen LogP contribution in [0.5, 0.6) is 0 Å². The van der Waals surface area contributed by atoms with Crippen molar-refractivity contribution in [3.63, 3.8) is 0 Å². The number of hydrogen-bond donors (Lipinski definition) is 2. The average molecular weight is 350 g/mol. The summed E-state index contributed by atoms with van der Waals surface area (Å²) in [4.78, 5) is 11.8. The number of sulfonamides is 1. The number of nitrogens with one attached hydrogen (secondary N) is 2. The SMILES string of the molecule is Cc1ccccc1CNC(=O)CNS(=O)(=O)c1ccc(F)cc1C. The van der Waals surface area contributed by atoms with Crippen molar-refractivity contribution in [3.8, 4) is 0 Å². The molecule has 2 rings (SSSR count). The van der Waals surface area contributed by atoms with E-state index in [4.69, 9.17) is 0 Å². The Labute approximate surface area is 141 Å². The number of carbonyl (C=O) groups is 1. The van der Waals surface area contributed by atoms with Gasteiger partial charge < -0.3 is 5.32 Å². The fourth-order valence-corrected chi connectivity index (χ4v) is 3.42. The maximum Gasteiger partial charge on any atom is 0.241 e. The summed E-state index contributed by atoms with van der Waals surface area (Å²) in [6.45, 7) is 3.37. The molecule has 5 nitrogen and oxygen atoms in total. The maximum atomic E-state index is 13.1. The summed E-state index contributed by atoms with van der Waals surface area (Å²) in [5.74, 6) is -0.955. The molecule has 2 aromatic carbocycles. The van der Waals surface area contributed by atoms with Crippen LogP contribution in [0.3, 0.4) is 0 Å². The van der Waals surface area contributed by atoms with Gasteiger partial charge in [-0.05, 0) is 48.7 Å². The summed E-state index contributed by atoms with van der Waals surface area (Å²) in [6.07, 6.45) is 0. The molecule has 7 heteroatoms. The standard InChI is InChI=1S/C17H19FN2O3S/c1-12-5-3-4-6-14(12)10-19-17(21)11-20-24(22,23)16-8-7-15(18)9-13(16)2/h3-9,20H,10-11H2,1-2H3,(H,19,21). The summed E-state index contributed by atoms with van der Waals surface area (Å²) in [7, 11) is -3.87. The van der Waals surface area contributed by atoms with Crippen LogP contribution in [0.25, 0.3) is 0 Å². The van der Waals surface area contributed by atoms with Crippen LogP contribution in [0.2, 0.25) is 0 Å². The molecule has 0 bridgehead atoms. The second-order valence-electron chi connectivity index (χ2n) is 5.44. The van der Waals surface area contributed by atoms with Gasteiger partial charge in [-0.2, -0.15) is 0 Å². The first-order chi connectivity index (χ1) is 11.3. The summed E-state index contributed by atoms with van der Waals surface area (Å²) >= 11 is 0. The molecule has 0 saturated carbocycles. The lowest BCUT2D eigenvalue weighted by Crippen LogP contribution is -2.36. The van der Waals surface area contributed by atoms with Gasteiger partial charge in [-0.3, -0.25) is 4.79 Å². The van der Waals surface area contributed by atoms with Crippen LogP contribution in [-0.4, -0.2) is 20.9 Å². The quantitative estimate of drug-likeness (QED) is 0.837. The van der Waals surface area contributed by atoms with Gasteiger partial charge >= 0.3 is 0 Å². The van der Waals surface area contributed by atoms with Crippen LogP contribution in [0.4, 0.5) is 4.39 Å². The molecular weight excluding hydrogens is 331 g/mol. The van der Waals surface area contributed by atoms with Gasteiger partial charge in [0.2, 0.25) is 15.9 Å². The molecular formula is C17H19FN2O3S. The summed E-state index contributed by atoms with van der Waals surface area (Å²) < 4.78 is 39.7. The molecule has 0 radical (unpaired) electrons. The largest absolute Gasteiger partial charge is 0.351 e. The number of carbonyl (C=O) groups excluding carboxylic acids is 1. The van der Waals surface area contributed by atoms with Gasteiger partial charge in [0, 0.05) is 6.54 Å². The van der Waals surface area contributed by atoms with E-state index in [2.05, 4.69) is 10.0 Å².